The van der Waals surface area contributed by atoms with Gasteiger partial charge in [-0.3, -0.25) is 9.89 Å². The molecule has 0 aliphatic heterocycles. The van der Waals surface area contributed by atoms with Gasteiger partial charge in [-0.15, -0.1) is 0 Å². The predicted molar refractivity (Wildman–Crippen MR) is 89.9 cm³/mol. The molecule has 2 rings (SSSR count). The molecule has 0 aliphatic rings. The molecule has 0 bridgehead atoms. The minimum atomic E-state index is -3.85. The van der Waals surface area contributed by atoms with Crippen molar-refractivity contribution in [1.29, 1.82) is 0 Å². The highest BCUT2D eigenvalue weighted by atomic mass is 35.5. The fraction of sp³-hybridized carbons (Fsp3) is 0.286. The van der Waals surface area contributed by atoms with Crippen LogP contribution in [-0.4, -0.2) is 38.2 Å². The van der Waals surface area contributed by atoms with Gasteiger partial charge in [0, 0.05) is 5.02 Å². The van der Waals surface area contributed by atoms with Gasteiger partial charge >= 0.3 is 0 Å². The average Bonchev–Trinajstić information content (AvgIpc) is 2.85. The molecule has 0 unspecified atom stereocenters. The first-order valence-electron chi connectivity index (χ1n) is 6.89. The Bertz CT molecular complexity index is 844. The molecule has 24 heavy (non-hydrogen) atoms. The molecule has 0 radical (unpaired) electrons. The van der Waals surface area contributed by atoms with Crippen LogP contribution in [0.4, 0.5) is 5.69 Å². The molecule has 3 N–H and O–H groups in total. The van der Waals surface area contributed by atoms with Crippen molar-refractivity contribution in [3.8, 4) is 5.75 Å². The molecule has 0 atom stereocenters. The second kappa shape index (κ2) is 7.20. The number of amides is 1. The molecule has 1 aromatic heterocycles. The number of hydrogen-bond acceptors (Lipinski definition) is 5. The summed E-state index contributed by atoms with van der Waals surface area (Å²) in [6.07, 6.45) is 0. The van der Waals surface area contributed by atoms with E-state index in [-0.39, 0.29) is 4.90 Å². The monoisotopic (exact) mass is 372 g/mol. The summed E-state index contributed by atoms with van der Waals surface area (Å²) >= 11 is 5.88. The van der Waals surface area contributed by atoms with Gasteiger partial charge in [0.05, 0.1) is 30.7 Å². The number of rotatable bonds is 6. The number of methoxy groups -OCH3 is 1. The van der Waals surface area contributed by atoms with Gasteiger partial charge in [-0.25, -0.2) is 13.1 Å². The quantitative estimate of drug-likeness (QED) is 0.712. The van der Waals surface area contributed by atoms with Gasteiger partial charge < -0.3 is 10.1 Å². The lowest BCUT2D eigenvalue weighted by Gasteiger charge is -2.11. The number of H-pyrrole nitrogens is 1. The van der Waals surface area contributed by atoms with Crippen LogP contribution in [-0.2, 0) is 14.8 Å². The van der Waals surface area contributed by atoms with E-state index in [1.807, 2.05) is 0 Å². The van der Waals surface area contributed by atoms with Crippen LogP contribution in [0.15, 0.2) is 23.1 Å². The molecule has 0 aliphatic carbocycles. The lowest BCUT2D eigenvalue weighted by Crippen LogP contribution is -2.33. The molecule has 0 saturated carbocycles. The molecular formula is C14H17ClN4O4S. The fourth-order valence-electron chi connectivity index (χ4n) is 2.14. The van der Waals surface area contributed by atoms with Crippen LogP contribution in [0.5, 0.6) is 5.75 Å². The number of anilines is 1. The summed E-state index contributed by atoms with van der Waals surface area (Å²) in [5, 5.41) is 9.39. The van der Waals surface area contributed by atoms with Crippen molar-refractivity contribution in [2.75, 3.05) is 19.0 Å². The Balaban J connectivity index is 2.08. The minimum Gasteiger partial charge on any atom is -0.495 e. The number of ether oxygens (including phenoxy) is 1. The zero-order valence-corrected chi connectivity index (χ0v) is 14.9. The molecule has 0 saturated heterocycles. The van der Waals surface area contributed by atoms with E-state index in [0.717, 1.165) is 0 Å². The Hall–Kier alpha value is -2.10. The summed E-state index contributed by atoms with van der Waals surface area (Å²) in [4.78, 5) is 12.1. The van der Waals surface area contributed by atoms with E-state index in [9.17, 15) is 13.2 Å². The normalized spacial score (nSPS) is 11.3. The maximum Gasteiger partial charge on any atom is 0.244 e. The predicted octanol–water partition coefficient (Wildman–Crippen LogP) is 1.61. The number of benzene rings is 1. The first kappa shape index (κ1) is 18.2. The second-order valence-electron chi connectivity index (χ2n) is 4.98. The van der Waals surface area contributed by atoms with E-state index in [1.54, 1.807) is 26.0 Å². The number of hydrogen-bond donors (Lipinski definition) is 3. The topological polar surface area (TPSA) is 113 Å². The van der Waals surface area contributed by atoms with Crippen LogP contribution >= 0.6 is 11.6 Å². The lowest BCUT2D eigenvalue weighted by molar-refractivity contribution is -0.115. The Morgan fingerprint density at radius 3 is 2.67 bits per heavy atom. The molecule has 10 heteroatoms. The molecular weight excluding hydrogens is 356 g/mol. The van der Waals surface area contributed by atoms with Crippen molar-refractivity contribution in [2.24, 2.45) is 0 Å². The van der Waals surface area contributed by atoms with Crippen LogP contribution in [0.1, 0.15) is 11.4 Å². The zero-order valence-electron chi connectivity index (χ0n) is 13.3. The van der Waals surface area contributed by atoms with Gasteiger partial charge in [-0.2, -0.15) is 5.10 Å². The number of carbonyl (C=O) groups excluding carboxylic acids is 1. The van der Waals surface area contributed by atoms with E-state index in [1.165, 1.54) is 13.2 Å². The summed E-state index contributed by atoms with van der Waals surface area (Å²) in [7, 11) is -2.40. The van der Waals surface area contributed by atoms with Crippen LogP contribution in [0.3, 0.4) is 0 Å². The Kier molecular flexibility index (Phi) is 5.47. The van der Waals surface area contributed by atoms with Crippen molar-refractivity contribution in [2.45, 2.75) is 18.7 Å². The van der Waals surface area contributed by atoms with Crippen LogP contribution in [0.25, 0.3) is 0 Å². The Morgan fingerprint density at radius 1 is 1.38 bits per heavy atom. The molecule has 0 spiro atoms. The molecule has 1 heterocycles. The average molecular weight is 373 g/mol. The van der Waals surface area contributed by atoms with Crippen LogP contribution < -0.4 is 14.8 Å². The van der Waals surface area contributed by atoms with Gasteiger partial charge in [0.1, 0.15) is 10.6 Å². The molecule has 1 aromatic carbocycles. The second-order valence-corrected chi connectivity index (χ2v) is 7.12. The summed E-state index contributed by atoms with van der Waals surface area (Å²) in [5.41, 5.74) is 1.08. The first-order valence-corrected chi connectivity index (χ1v) is 8.75. The standard InChI is InChI=1S/C14H17ClN4O4S/c1-8-14(9(2)19-18-8)24(21,22)16-7-13(20)17-11-6-10(15)4-5-12(11)23-3/h4-6,16H,7H2,1-3H3,(H,17,20)(H,18,19). The number of aryl methyl sites for hydroxylation is 2. The van der Waals surface area contributed by atoms with Gasteiger partial charge in [-0.1, -0.05) is 11.6 Å². The molecule has 130 valence electrons. The van der Waals surface area contributed by atoms with E-state index in [0.29, 0.717) is 27.8 Å². The third kappa shape index (κ3) is 4.05. The van der Waals surface area contributed by atoms with Gasteiger partial charge in [0.25, 0.3) is 0 Å². The SMILES string of the molecule is COc1ccc(Cl)cc1NC(=O)CNS(=O)(=O)c1c(C)n[nH]c1C. The van der Waals surface area contributed by atoms with Gasteiger partial charge in [-0.05, 0) is 32.0 Å². The van der Waals surface area contributed by atoms with Crippen LogP contribution in [0, 0.1) is 13.8 Å². The number of carbonyl (C=O) groups is 1. The third-order valence-electron chi connectivity index (χ3n) is 3.19. The number of nitrogens with one attached hydrogen (secondary N) is 3. The van der Waals surface area contributed by atoms with Crippen molar-refractivity contribution in [3.05, 3.63) is 34.6 Å². The Labute approximate surface area is 144 Å². The zero-order chi connectivity index (χ0) is 17.9. The highest BCUT2D eigenvalue weighted by Gasteiger charge is 2.23. The number of halogens is 1. The smallest absolute Gasteiger partial charge is 0.244 e. The van der Waals surface area contributed by atoms with Crippen molar-refractivity contribution in [1.82, 2.24) is 14.9 Å². The third-order valence-corrected chi connectivity index (χ3v) is 5.09. The van der Waals surface area contributed by atoms with Gasteiger partial charge in [0.2, 0.25) is 15.9 Å². The number of aromatic nitrogens is 2. The summed E-state index contributed by atoms with van der Waals surface area (Å²) in [6, 6.07) is 4.72. The molecule has 2 aromatic rings. The van der Waals surface area contributed by atoms with Crippen LogP contribution in [0.2, 0.25) is 5.02 Å². The number of sulfonamides is 1. The largest absolute Gasteiger partial charge is 0.495 e. The maximum atomic E-state index is 12.3. The minimum absolute atomic E-state index is 0.0376. The van der Waals surface area contributed by atoms with E-state index >= 15 is 0 Å². The highest BCUT2D eigenvalue weighted by Crippen LogP contribution is 2.27. The van der Waals surface area contributed by atoms with E-state index < -0.39 is 22.5 Å². The Morgan fingerprint density at radius 2 is 2.08 bits per heavy atom. The summed E-state index contributed by atoms with van der Waals surface area (Å²) < 4.78 is 31.9. The van der Waals surface area contributed by atoms with Crippen molar-refractivity contribution in [3.63, 3.8) is 0 Å². The van der Waals surface area contributed by atoms with Crippen molar-refractivity contribution >= 4 is 33.2 Å². The van der Waals surface area contributed by atoms with E-state index in [2.05, 4.69) is 20.2 Å². The number of aromatic amines is 1. The highest BCUT2D eigenvalue weighted by molar-refractivity contribution is 7.89. The molecule has 0 fully saturated rings. The maximum absolute atomic E-state index is 12.3. The lowest BCUT2D eigenvalue weighted by atomic mass is 10.3. The van der Waals surface area contributed by atoms with Gasteiger partial charge in [0.15, 0.2) is 0 Å². The molecule has 1 amide bonds. The number of nitrogens with zero attached hydrogens (tertiary/aromatic N) is 1. The first-order chi connectivity index (χ1) is 11.2. The fourth-order valence-corrected chi connectivity index (χ4v) is 3.66. The summed E-state index contributed by atoms with van der Waals surface area (Å²) in [6.45, 7) is 2.71. The molecule has 8 nitrogen and oxygen atoms in total. The summed E-state index contributed by atoms with van der Waals surface area (Å²) in [5.74, 6) is -0.143. The van der Waals surface area contributed by atoms with E-state index in [4.69, 9.17) is 16.3 Å². The van der Waals surface area contributed by atoms with Crippen molar-refractivity contribution < 1.29 is 17.9 Å².